The quantitative estimate of drug-likeness (QED) is 0.636. The van der Waals surface area contributed by atoms with Crippen molar-refractivity contribution in [2.24, 2.45) is 0 Å². The molecule has 1 heterocycles. The maximum Gasteiger partial charge on any atom is 0.265 e. The Morgan fingerprint density at radius 2 is 0.931 bits per heavy atom. The number of benzene rings is 3. The van der Waals surface area contributed by atoms with Gasteiger partial charge in [0, 0.05) is 0 Å². The molecule has 3 aromatic carbocycles. The fraction of sp³-hybridized carbons (Fsp3) is 0.143. The number of aryl methyl sites for hydroxylation is 2. The average molecular weight is 429 g/mol. The lowest BCUT2D eigenvalue weighted by molar-refractivity contribution is 0.588. The van der Waals surface area contributed by atoms with Crippen LogP contribution in [0.3, 0.4) is 0 Å². The molecule has 0 N–H and O–H groups in total. The van der Waals surface area contributed by atoms with E-state index in [0.717, 1.165) is 19.7 Å². The van der Waals surface area contributed by atoms with Crippen LogP contribution in [0.15, 0.2) is 82.6 Å². The largest absolute Gasteiger partial charge is 0.265 e. The highest BCUT2D eigenvalue weighted by atomic mass is 32.2. The Balaban J connectivity index is 1.81. The molecule has 0 radical (unpaired) electrons. The van der Waals surface area contributed by atoms with Gasteiger partial charge in [-0.25, -0.2) is 25.4 Å². The second-order valence-corrected chi connectivity index (χ2v) is 10.7. The Labute approximate surface area is 171 Å². The minimum Gasteiger partial charge on any atom is -0.244 e. The standard InChI is InChI=1S/C21H20N2O4S2/c1-16-7-11-18(12-8-16)28(24,25)22-15-23(21-6-4-3-5-20(21)22)29(26,27)19-13-9-17(2)10-14-19/h3-14H,15H2,1-2H3. The molecule has 4 rings (SSSR count). The number of fused-ring (bicyclic) bond motifs is 1. The van der Waals surface area contributed by atoms with Crippen LogP contribution in [0, 0.1) is 13.8 Å². The molecular formula is C21H20N2O4S2. The fourth-order valence-corrected chi connectivity index (χ4v) is 6.14. The number of anilines is 2. The highest BCUT2D eigenvalue weighted by Crippen LogP contribution is 2.41. The number of hydrogen-bond donors (Lipinski definition) is 0. The molecule has 1 aliphatic heterocycles. The van der Waals surface area contributed by atoms with Gasteiger partial charge in [-0.1, -0.05) is 47.5 Å². The molecule has 0 unspecified atom stereocenters. The zero-order valence-electron chi connectivity index (χ0n) is 16.0. The first-order valence-corrected chi connectivity index (χ1v) is 11.9. The predicted octanol–water partition coefficient (Wildman–Crippen LogP) is 3.67. The van der Waals surface area contributed by atoms with Crippen molar-refractivity contribution in [2.75, 3.05) is 15.3 Å². The van der Waals surface area contributed by atoms with Crippen molar-refractivity contribution >= 4 is 31.4 Å². The Morgan fingerprint density at radius 1 is 0.586 bits per heavy atom. The molecule has 0 atom stereocenters. The zero-order chi connectivity index (χ0) is 20.8. The Bertz CT molecular complexity index is 1170. The van der Waals surface area contributed by atoms with Crippen LogP contribution in [-0.4, -0.2) is 23.5 Å². The summed E-state index contributed by atoms with van der Waals surface area (Å²) in [6.45, 7) is 3.43. The van der Waals surface area contributed by atoms with E-state index >= 15 is 0 Å². The van der Waals surface area contributed by atoms with E-state index in [1.807, 2.05) is 13.8 Å². The van der Waals surface area contributed by atoms with Crippen molar-refractivity contribution in [1.82, 2.24) is 0 Å². The number of sulfonamides is 2. The van der Waals surface area contributed by atoms with Crippen LogP contribution in [0.2, 0.25) is 0 Å². The summed E-state index contributed by atoms with van der Waals surface area (Å²) in [5.41, 5.74) is 2.55. The molecule has 3 aromatic rings. The molecule has 1 aliphatic rings. The van der Waals surface area contributed by atoms with Crippen molar-refractivity contribution in [2.45, 2.75) is 23.6 Å². The first-order valence-electron chi connectivity index (χ1n) is 8.99. The zero-order valence-corrected chi connectivity index (χ0v) is 17.6. The molecule has 0 bridgehead atoms. The van der Waals surface area contributed by atoms with Crippen LogP contribution in [0.4, 0.5) is 11.4 Å². The second kappa shape index (κ2) is 6.89. The molecule has 0 saturated heterocycles. The van der Waals surface area contributed by atoms with Crippen molar-refractivity contribution in [3.8, 4) is 0 Å². The van der Waals surface area contributed by atoms with Gasteiger partial charge in [0.15, 0.2) is 0 Å². The monoisotopic (exact) mass is 428 g/mol. The second-order valence-electron chi connectivity index (χ2n) is 6.96. The normalized spacial score (nSPS) is 14.1. The topological polar surface area (TPSA) is 74.8 Å². The molecule has 0 amide bonds. The van der Waals surface area contributed by atoms with Crippen LogP contribution in [0.5, 0.6) is 0 Å². The van der Waals surface area contributed by atoms with E-state index in [-0.39, 0.29) is 16.5 Å². The molecule has 150 valence electrons. The van der Waals surface area contributed by atoms with E-state index in [1.54, 1.807) is 48.5 Å². The highest BCUT2D eigenvalue weighted by molar-refractivity contribution is 7.94. The van der Waals surface area contributed by atoms with E-state index < -0.39 is 20.0 Å². The minimum atomic E-state index is -3.92. The van der Waals surface area contributed by atoms with Gasteiger partial charge >= 0.3 is 0 Å². The van der Waals surface area contributed by atoms with Crippen molar-refractivity contribution in [3.63, 3.8) is 0 Å². The van der Waals surface area contributed by atoms with Crippen LogP contribution in [0.1, 0.15) is 11.1 Å². The van der Waals surface area contributed by atoms with Crippen molar-refractivity contribution in [1.29, 1.82) is 0 Å². The molecule has 0 aromatic heterocycles. The van der Waals surface area contributed by atoms with Crippen molar-refractivity contribution in [3.05, 3.63) is 83.9 Å². The third-order valence-electron chi connectivity index (χ3n) is 4.89. The number of hydrogen-bond acceptors (Lipinski definition) is 4. The molecule has 6 nitrogen and oxygen atoms in total. The summed E-state index contributed by atoms with van der Waals surface area (Å²) in [4.78, 5) is 0.236. The minimum absolute atomic E-state index is 0.118. The lowest BCUT2D eigenvalue weighted by atomic mass is 10.2. The lowest BCUT2D eigenvalue weighted by Crippen LogP contribution is -2.38. The summed E-state index contributed by atoms with van der Waals surface area (Å²) in [6, 6.07) is 19.6. The van der Waals surface area contributed by atoms with E-state index in [9.17, 15) is 16.8 Å². The van der Waals surface area contributed by atoms with E-state index in [0.29, 0.717) is 11.4 Å². The van der Waals surface area contributed by atoms with Crippen LogP contribution in [0.25, 0.3) is 0 Å². The average Bonchev–Trinajstić information content (AvgIpc) is 3.10. The van der Waals surface area contributed by atoms with Crippen LogP contribution < -0.4 is 8.61 Å². The Hall–Kier alpha value is -2.84. The van der Waals surface area contributed by atoms with Crippen molar-refractivity contribution < 1.29 is 16.8 Å². The number of para-hydroxylation sites is 2. The summed E-state index contributed by atoms with van der Waals surface area (Å²) in [7, 11) is -7.85. The molecule has 0 saturated carbocycles. The molecule has 8 heteroatoms. The Morgan fingerprint density at radius 3 is 1.28 bits per heavy atom. The summed E-state index contributed by atoms with van der Waals surface area (Å²) >= 11 is 0. The lowest BCUT2D eigenvalue weighted by Gasteiger charge is -2.21. The van der Waals surface area contributed by atoms with Gasteiger partial charge in [-0.05, 0) is 50.2 Å². The fourth-order valence-electron chi connectivity index (χ4n) is 3.24. The van der Waals surface area contributed by atoms with Gasteiger partial charge < -0.3 is 0 Å². The van der Waals surface area contributed by atoms with Gasteiger partial charge in [-0.2, -0.15) is 0 Å². The first-order chi connectivity index (χ1) is 13.7. The first kappa shape index (κ1) is 19.5. The van der Waals surface area contributed by atoms with E-state index in [2.05, 4.69) is 0 Å². The summed E-state index contributed by atoms with van der Waals surface area (Å²) in [6.07, 6.45) is 0. The van der Waals surface area contributed by atoms with Gasteiger partial charge in [0.2, 0.25) is 0 Å². The van der Waals surface area contributed by atoms with E-state index in [1.165, 1.54) is 24.3 Å². The van der Waals surface area contributed by atoms with Crippen LogP contribution in [-0.2, 0) is 20.0 Å². The molecule has 0 fully saturated rings. The van der Waals surface area contributed by atoms with Gasteiger partial charge in [0.1, 0.15) is 6.67 Å². The van der Waals surface area contributed by atoms with E-state index in [4.69, 9.17) is 0 Å². The molecule has 29 heavy (non-hydrogen) atoms. The molecular weight excluding hydrogens is 408 g/mol. The maximum atomic E-state index is 13.3. The summed E-state index contributed by atoms with van der Waals surface area (Å²) in [5, 5.41) is 0. The maximum absolute atomic E-state index is 13.3. The number of nitrogens with zero attached hydrogens (tertiary/aromatic N) is 2. The SMILES string of the molecule is Cc1ccc(S(=O)(=O)N2CN(S(=O)(=O)c3ccc(C)cc3)c3ccccc32)cc1. The Kier molecular flexibility index (Phi) is 4.63. The van der Waals surface area contributed by atoms with Gasteiger partial charge in [-0.3, -0.25) is 0 Å². The van der Waals surface area contributed by atoms with Crippen LogP contribution >= 0.6 is 0 Å². The van der Waals surface area contributed by atoms with Gasteiger partial charge in [0.05, 0.1) is 21.2 Å². The number of rotatable bonds is 4. The summed E-state index contributed by atoms with van der Waals surface area (Å²) < 4.78 is 55.3. The predicted molar refractivity (Wildman–Crippen MR) is 113 cm³/mol. The van der Waals surface area contributed by atoms with Gasteiger partial charge in [0.25, 0.3) is 20.0 Å². The summed E-state index contributed by atoms with van der Waals surface area (Å²) in [5.74, 6) is 0. The third kappa shape index (κ3) is 3.28. The van der Waals surface area contributed by atoms with Gasteiger partial charge in [-0.15, -0.1) is 0 Å². The molecule has 0 spiro atoms. The smallest absolute Gasteiger partial charge is 0.244 e. The molecule has 0 aliphatic carbocycles. The highest BCUT2D eigenvalue weighted by Gasteiger charge is 2.40. The third-order valence-corrected chi connectivity index (χ3v) is 8.41.